The molecular formula is C16H27FN2. The third kappa shape index (κ3) is 4.92. The van der Waals surface area contributed by atoms with Crippen molar-refractivity contribution < 1.29 is 4.39 Å². The Kier molecular flexibility index (Phi) is 5.95. The van der Waals surface area contributed by atoms with Crippen molar-refractivity contribution in [3.8, 4) is 0 Å². The molecule has 1 aromatic rings. The number of benzene rings is 1. The van der Waals surface area contributed by atoms with Gasteiger partial charge in [0, 0.05) is 30.2 Å². The van der Waals surface area contributed by atoms with Crippen LogP contribution in [0.1, 0.15) is 45.7 Å². The fourth-order valence-electron chi connectivity index (χ4n) is 1.94. The first-order chi connectivity index (χ1) is 8.87. The van der Waals surface area contributed by atoms with Crippen LogP contribution in [0.4, 0.5) is 4.39 Å². The van der Waals surface area contributed by atoms with Gasteiger partial charge in [0.2, 0.25) is 0 Å². The third-order valence-electron chi connectivity index (χ3n) is 3.97. The highest BCUT2D eigenvalue weighted by molar-refractivity contribution is 5.20. The van der Waals surface area contributed by atoms with Crippen LogP contribution in [0.15, 0.2) is 24.3 Å². The molecule has 0 aromatic heterocycles. The normalized spacial score (nSPS) is 13.8. The SMILES string of the molecule is CCC(C)(C)NCCN(C)C(C)c1ccccc1F. The number of nitrogens with zero attached hydrogens (tertiary/aromatic N) is 1. The molecule has 0 aliphatic carbocycles. The topological polar surface area (TPSA) is 15.3 Å². The maximum absolute atomic E-state index is 13.7. The van der Waals surface area contributed by atoms with E-state index >= 15 is 0 Å². The lowest BCUT2D eigenvalue weighted by atomic mass is 10.0. The first kappa shape index (κ1) is 16.1. The smallest absolute Gasteiger partial charge is 0.127 e. The van der Waals surface area contributed by atoms with Crippen molar-refractivity contribution in [1.29, 1.82) is 0 Å². The van der Waals surface area contributed by atoms with E-state index < -0.39 is 0 Å². The molecule has 1 unspecified atom stereocenters. The Morgan fingerprint density at radius 3 is 2.53 bits per heavy atom. The fourth-order valence-corrected chi connectivity index (χ4v) is 1.94. The highest BCUT2D eigenvalue weighted by atomic mass is 19.1. The van der Waals surface area contributed by atoms with Crippen LogP contribution in [0.3, 0.4) is 0 Å². The summed E-state index contributed by atoms with van der Waals surface area (Å²) in [5.41, 5.74) is 0.932. The lowest BCUT2D eigenvalue weighted by molar-refractivity contribution is 0.242. The minimum absolute atomic E-state index is 0.0905. The monoisotopic (exact) mass is 266 g/mol. The maximum atomic E-state index is 13.7. The van der Waals surface area contributed by atoms with Crippen LogP contribution in [0.25, 0.3) is 0 Å². The van der Waals surface area contributed by atoms with Crippen molar-refractivity contribution in [2.24, 2.45) is 0 Å². The minimum Gasteiger partial charge on any atom is -0.311 e. The van der Waals surface area contributed by atoms with Crippen LogP contribution in [0.2, 0.25) is 0 Å². The van der Waals surface area contributed by atoms with E-state index in [2.05, 4.69) is 31.0 Å². The van der Waals surface area contributed by atoms with Crippen LogP contribution in [-0.4, -0.2) is 30.6 Å². The summed E-state index contributed by atoms with van der Waals surface area (Å²) in [6.45, 7) is 10.4. The highest BCUT2D eigenvalue weighted by Crippen LogP contribution is 2.21. The van der Waals surface area contributed by atoms with E-state index in [-0.39, 0.29) is 17.4 Å². The molecule has 1 rings (SSSR count). The molecule has 0 saturated carbocycles. The van der Waals surface area contributed by atoms with Gasteiger partial charge in [-0.05, 0) is 40.3 Å². The largest absolute Gasteiger partial charge is 0.311 e. The molecule has 1 atom stereocenters. The number of nitrogens with one attached hydrogen (secondary N) is 1. The van der Waals surface area contributed by atoms with Gasteiger partial charge in [-0.15, -0.1) is 0 Å². The molecular weight excluding hydrogens is 239 g/mol. The van der Waals surface area contributed by atoms with Gasteiger partial charge in [-0.2, -0.15) is 0 Å². The molecule has 1 aromatic carbocycles. The van der Waals surface area contributed by atoms with Crippen molar-refractivity contribution in [3.63, 3.8) is 0 Å². The van der Waals surface area contributed by atoms with Gasteiger partial charge >= 0.3 is 0 Å². The summed E-state index contributed by atoms with van der Waals surface area (Å²) in [7, 11) is 2.04. The summed E-state index contributed by atoms with van der Waals surface area (Å²) >= 11 is 0. The average Bonchev–Trinajstić information content (AvgIpc) is 2.38. The van der Waals surface area contributed by atoms with Gasteiger partial charge in [0.15, 0.2) is 0 Å². The molecule has 0 aliphatic rings. The minimum atomic E-state index is -0.122. The van der Waals surface area contributed by atoms with Crippen molar-refractivity contribution in [2.45, 2.75) is 45.7 Å². The van der Waals surface area contributed by atoms with E-state index in [1.807, 2.05) is 26.1 Å². The van der Waals surface area contributed by atoms with Gasteiger partial charge < -0.3 is 5.32 Å². The first-order valence-corrected chi connectivity index (χ1v) is 7.07. The molecule has 0 spiro atoms. The average molecular weight is 266 g/mol. The number of halogens is 1. The second-order valence-electron chi connectivity index (χ2n) is 5.84. The Morgan fingerprint density at radius 2 is 1.95 bits per heavy atom. The Hall–Kier alpha value is -0.930. The van der Waals surface area contributed by atoms with Gasteiger partial charge in [-0.25, -0.2) is 4.39 Å². The van der Waals surface area contributed by atoms with Crippen LogP contribution >= 0.6 is 0 Å². The van der Waals surface area contributed by atoms with Crippen molar-refractivity contribution >= 4 is 0 Å². The molecule has 19 heavy (non-hydrogen) atoms. The lowest BCUT2D eigenvalue weighted by Crippen LogP contribution is -2.42. The van der Waals surface area contributed by atoms with Gasteiger partial charge in [-0.3, -0.25) is 4.90 Å². The summed E-state index contributed by atoms with van der Waals surface area (Å²) in [6.07, 6.45) is 1.10. The molecule has 2 nitrogen and oxygen atoms in total. The van der Waals surface area contributed by atoms with Crippen LogP contribution in [-0.2, 0) is 0 Å². The zero-order valence-corrected chi connectivity index (χ0v) is 12.8. The molecule has 1 N–H and O–H groups in total. The number of likely N-dealkylation sites (N-methyl/N-ethyl adjacent to an activating group) is 1. The highest BCUT2D eigenvalue weighted by Gasteiger charge is 2.17. The van der Waals surface area contributed by atoms with E-state index in [0.717, 1.165) is 25.1 Å². The molecule has 0 fully saturated rings. The van der Waals surface area contributed by atoms with Crippen molar-refractivity contribution in [3.05, 3.63) is 35.6 Å². The Balaban J connectivity index is 2.50. The maximum Gasteiger partial charge on any atom is 0.127 e. The summed E-state index contributed by atoms with van der Waals surface area (Å²) in [6, 6.07) is 7.10. The molecule has 0 aliphatic heterocycles. The first-order valence-electron chi connectivity index (χ1n) is 7.07. The predicted octanol–water partition coefficient (Wildman–Crippen LogP) is 3.60. The second kappa shape index (κ2) is 7.01. The van der Waals surface area contributed by atoms with Gasteiger partial charge in [0.05, 0.1) is 0 Å². The third-order valence-corrected chi connectivity index (χ3v) is 3.97. The number of hydrogen-bond donors (Lipinski definition) is 1. The molecule has 3 heteroatoms. The molecule has 0 saturated heterocycles. The predicted molar refractivity (Wildman–Crippen MR) is 79.8 cm³/mol. The van der Waals surface area contributed by atoms with E-state index in [9.17, 15) is 4.39 Å². The Bertz CT molecular complexity index is 390. The van der Waals surface area contributed by atoms with Crippen molar-refractivity contribution in [2.75, 3.05) is 20.1 Å². The van der Waals surface area contributed by atoms with Gasteiger partial charge in [0.1, 0.15) is 5.82 Å². The Labute approximate surface area is 117 Å². The number of hydrogen-bond acceptors (Lipinski definition) is 2. The molecule has 108 valence electrons. The van der Waals surface area contributed by atoms with Gasteiger partial charge in [0.25, 0.3) is 0 Å². The van der Waals surface area contributed by atoms with E-state index in [1.54, 1.807) is 6.07 Å². The molecule has 0 amide bonds. The fraction of sp³-hybridized carbons (Fsp3) is 0.625. The van der Waals surface area contributed by atoms with E-state index in [4.69, 9.17) is 0 Å². The molecule has 0 bridgehead atoms. The summed E-state index contributed by atoms with van der Waals surface area (Å²) < 4.78 is 13.7. The molecule has 0 radical (unpaired) electrons. The van der Waals surface area contributed by atoms with Crippen LogP contribution in [0, 0.1) is 5.82 Å². The zero-order chi connectivity index (χ0) is 14.5. The van der Waals surface area contributed by atoms with E-state index in [0.29, 0.717) is 0 Å². The summed E-state index contributed by atoms with van der Waals surface area (Å²) in [4.78, 5) is 2.18. The summed E-state index contributed by atoms with van der Waals surface area (Å²) in [5.74, 6) is -0.122. The van der Waals surface area contributed by atoms with E-state index in [1.165, 1.54) is 6.07 Å². The standard InChI is InChI=1S/C16H27FN2/c1-6-16(3,4)18-11-12-19(5)13(2)14-9-7-8-10-15(14)17/h7-10,13,18H,6,11-12H2,1-5H3. The molecule has 0 heterocycles. The lowest BCUT2D eigenvalue weighted by Gasteiger charge is -2.29. The van der Waals surface area contributed by atoms with Crippen LogP contribution in [0.5, 0.6) is 0 Å². The van der Waals surface area contributed by atoms with Gasteiger partial charge in [-0.1, -0.05) is 25.1 Å². The summed E-state index contributed by atoms with van der Waals surface area (Å²) in [5, 5.41) is 3.53. The quantitative estimate of drug-likeness (QED) is 0.811. The van der Waals surface area contributed by atoms with Crippen LogP contribution < -0.4 is 5.32 Å². The Morgan fingerprint density at radius 1 is 1.32 bits per heavy atom. The number of rotatable bonds is 7. The second-order valence-corrected chi connectivity index (χ2v) is 5.84. The van der Waals surface area contributed by atoms with Crippen molar-refractivity contribution in [1.82, 2.24) is 10.2 Å². The zero-order valence-electron chi connectivity index (χ0n) is 12.8.